The lowest BCUT2D eigenvalue weighted by molar-refractivity contribution is -0.0708. The molecule has 1 aromatic heterocycles. The van der Waals surface area contributed by atoms with E-state index in [1.54, 1.807) is 10.8 Å². The van der Waals surface area contributed by atoms with Crippen LogP contribution in [0.3, 0.4) is 0 Å². The molecule has 3 atom stereocenters. The van der Waals surface area contributed by atoms with E-state index in [0.29, 0.717) is 25.4 Å². The van der Waals surface area contributed by atoms with E-state index in [2.05, 4.69) is 11.7 Å². The number of amides is 1. The van der Waals surface area contributed by atoms with E-state index in [4.69, 9.17) is 9.47 Å². The smallest absolute Gasteiger partial charge is 0.272 e. The molecule has 0 unspecified atom stereocenters. The molecule has 1 amide bonds. The summed E-state index contributed by atoms with van der Waals surface area (Å²) in [5, 5.41) is 4.39. The summed E-state index contributed by atoms with van der Waals surface area (Å²) in [6.07, 6.45) is 3.56. The van der Waals surface area contributed by atoms with E-state index in [1.165, 1.54) is 0 Å². The van der Waals surface area contributed by atoms with Crippen LogP contribution in [0.5, 0.6) is 0 Å². The molecule has 0 N–H and O–H groups in total. The lowest BCUT2D eigenvalue weighted by Gasteiger charge is -2.32. The average Bonchev–Trinajstić information content (AvgIpc) is 3.13. The van der Waals surface area contributed by atoms with Gasteiger partial charge < -0.3 is 14.4 Å². The van der Waals surface area contributed by atoms with E-state index < -0.39 is 0 Å². The maximum absolute atomic E-state index is 13.0. The second-order valence-corrected chi connectivity index (χ2v) is 6.15. The number of aromatic nitrogens is 2. The van der Waals surface area contributed by atoms with Gasteiger partial charge in [-0.1, -0.05) is 6.08 Å². The number of likely N-dealkylation sites (tertiary alicyclic amines) is 1. The summed E-state index contributed by atoms with van der Waals surface area (Å²) in [5.41, 5.74) is 1.52. The molecule has 0 bridgehead atoms. The molecular weight excluding hydrogens is 294 g/mol. The minimum absolute atomic E-state index is 0.0256. The summed E-state index contributed by atoms with van der Waals surface area (Å²) in [4.78, 5) is 15.0. The van der Waals surface area contributed by atoms with Crippen molar-refractivity contribution < 1.29 is 14.3 Å². The molecule has 2 aliphatic rings. The van der Waals surface area contributed by atoms with Gasteiger partial charge >= 0.3 is 0 Å². The van der Waals surface area contributed by atoms with E-state index in [1.807, 2.05) is 24.8 Å². The van der Waals surface area contributed by atoms with Gasteiger partial charge in [0.05, 0.1) is 24.9 Å². The first-order chi connectivity index (χ1) is 11.2. The number of carbonyl (C=O) groups is 1. The number of fused-ring (bicyclic) bond motifs is 1. The number of hydrogen-bond acceptors (Lipinski definition) is 4. The Morgan fingerprint density at radius 1 is 1.61 bits per heavy atom. The lowest BCUT2D eigenvalue weighted by Crippen LogP contribution is -2.44. The van der Waals surface area contributed by atoms with Gasteiger partial charge in [-0.3, -0.25) is 9.48 Å². The van der Waals surface area contributed by atoms with Crippen LogP contribution < -0.4 is 0 Å². The molecule has 3 heterocycles. The molecule has 2 aliphatic heterocycles. The van der Waals surface area contributed by atoms with Gasteiger partial charge in [-0.2, -0.15) is 5.10 Å². The Morgan fingerprint density at radius 3 is 3.17 bits per heavy atom. The van der Waals surface area contributed by atoms with Crippen molar-refractivity contribution in [2.75, 3.05) is 19.8 Å². The zero-order valence-electron chi connectivity index (χ0n) is 13.9. The Hall–Kier alpha value is -1.66. The van der Waals surface area contributed by atoms with Gasteiger partial charge in [0.15, 0.2) is 0 Å². The molecule has 23 heavy (non-hydrogen) atoms. The quantitative estimate of drug-likeness (QED) is 0.777. The van der Waals surface area contributed by atoms with Crippen LogP contribution in [0, 0.1) is 6.92 Å². The molecule has 3 rings (SSSR count). The first kappa shape index (κ1) is 16.2. The lowest BCUT2D eigenvalue weighted by atomic mass is 10.0. The predicted molar refractivity (Wildman–Crippen MR) is 86.4 cm³/mol. The van der Waals surface area contributed by atoms with Gasteiger partial charge in [-0.15, -0.1) is 6.58 Å². The van der Waals surface area contributed by atoms with Crippen molar-refractivity contribution in [2.45, 2.75) is 51.5 Å². The van der Waals surface area contributed by atoms with Crippen LogP contribution in [0.2, 0.25) is 0 Å². The largest absolute Gasteiger partial charge is 0.373 e. The summed E-state index contributed by atoms with van der Waals surface area (Å²) >= 11 is 0. The summed E-state index contributed by atoms with van der Waals surface area (Å²) in [6.45, 7) is 10.1. The Bertz CT molecular complexity index is 584. The van der Waals surface area contributed by atoms with Crippen LogP contribution in [0.25, 0.3) is 0 Å². The molecule has 0 aliphatic carbocycles. The topological polar surface area (TPSA) is 56.6 Å². The van der Waals surface area contributed by atoms with Crippen molar-refractivity contribution in [1.82, 2.24) is 14.7 Å². The van der Waals surface area contributed by atoms with Gasteiger partial charge in [-0.05, 0) is 32.8 Å². The van der Waals surface area contributed by atoms with Crippen LogP contribution in [0.4, 0.5) is 0 Å². The second-order valence-electron chi connectivity index (χ2n) is 6.15. The first-order valence-corrected chi connectivity index (χ1v) is 8.35. The third-order valence-corrected chi connectivity index (χ3v) is 4.59. The number of hydrogen-bond donors (Lipinski definition) is 0. The minimum atomic E-state index is -0.0821. The summed E-state index contributed by atoms with van der Waals surface area (Å²) < 4.78 is 13.5. The van der Waals surface area contributed by atoms with Crippen molar-refractivity contribution in [2.24, 2.45) is 0 Å². The zero-order valence-corrected chi connectivity index (χ0v) is 13.9. The Morgan fingerprint density at radius 2 is 2.43 bits per heavy atom. The van der Waals surface area contributed by atoms with E-state index in [-0.39, 0.29) is 24.2 Å². The van der Waals surface area contributed by atoms with Gasteiger partial charge in [0, 0.05) is 13.2 Å². The van der Waals surface area contributed by atoms with E-state index in [9.17, 15) is 4.79 Å². The fraction of sp³-hybridized carbons (Fsp3) is 0.647. The SMILES string of the molecule is C=CCO[C@@H]1CN(C(=O)c2cc(C)nn2CC)[C@@H]2CCCO[C@@H]21. The monoisotopic (exact) mass is 319 g/mol. The molecule has 126 valence electrons. The van der Waals surface area contributed by atoms with Crippen LogP contribution in [0.1, 0.15) is 35.9 Å². The Kier molecular flexibility index (Phi) is 4.82. The van der Waals surface area contributed by atoms with Gasteiger partial charge in [0.1, 0.15) is 17.9 Å². The van der Waals surface area contributed by atoms with Crippen LogP contribution in [0.15, 0.2) is 18.7 Å². The molecule has 0 radical (unpaired) electrons. The highest BCUT2D eigenvalue weighted by Gasteiger charge is 2.47. The van der Waals surface area contributed by atoms with Crippen molar-refractivity contribution in [3.8, 4) is 0 Å². The summed E-state index contributed by atoms with van der Waals surface area (Å²) in [6, 6.07) is 1.95. The fourth-order valence-corrected chi connectivity index (χ4v) is 3.59. The Balaban J connectivity index is 1.82. The second kappa shape index (κ2) is 6.84. The average molecular weight is 319 g/mol. The van der Waals surface area contributed by atoms with Crippen LogP contribution in [-0.4, -0.2) is 58.6 Å². The number of aryl methyl sites for hydroxylation is 2. The van der Waals surface area contributed by atoms with Crippen molar-refractivity contribution in [3.05, 3.63) is 30.1 Å². The van der Waals surface area contributed by atoms with Gasteiger partial charge in [0.2, 0.25) is 0 Å². The van der Waals surface area contributed by atoms with Crippen molar-refractivity contribution in [1.29, 1.82) is 0 Å². The van der Waals surface area contributed by atoms with Crippen molar-refractivity contribution in [3.63, 3.8) is 0 Å². The Labute approximate surface area is 137 Å². The minimum Gasteiger partial charge on any atom is -0.373 e. The summed E-state index contributed by atoms with van der Waals surface area (Å²) in [7, 11) is 0. The molecule has 2 fully saturated rings. The maximum atomic E-state index is 13.0. The van der Waals surface area contributed by atoms with Crippen LogP contribution >= 0.6 is 0 Å². The third-order valence-electron chi connectivity index (χ3n) is 4.59. The zero-order chi connectivity index (χ0) is 16.4. The molecule has 6 nitrogen and oxygen atoms in total. The van der Waals surface area contributed by atoms with E-state index in [0.717, 1.165) is 25.1 Å². The highest BCUT2D eigenvalue weighted by molar-refractivity contribution is 5.93. The third kappa shape index (κ3) is 3.05. The van der Waals surface area contributed by atoms with Gasteiger partial charge in [0.25, 0.3) is 5.91 Å². The van der Waals surface area contributed by atoms with Crippen LogP contribution in [-0.2, 0) is 16.0 Å². The highest BCUT2D eigenvalue weighted by Crippen LogP contribution is 2.32. The highest BCUT2D eigenvalue weighted by atomic mass is 16.5. The molecule has 0 saturated carbocycles. The number of carbonyl (C=O) groups excluding carboxylic acids is 1. The first-order valence-electron chi connectivity index (χ1n) is 8.35. The molecule has 0 spiro atoms. The van der Waals surface area contributed by atoms with E-state index >= 15 is 0 Å². The molecule has 6 heteroatoms. The normalized spacial score (nSPS) is 27.0. The van der Waals surface area contributed by atoms with Crippen molar-refractivity contribution >= 4 is 5.91 Å². The molecule has 1 aromatic rings. The molecular formula is C17H25N3O3. The number of nitrogens with zero attached hydrogens (tertiary/aromatic N) is 3. The van der Waals surface area contributed by atoms with Gasteiger partial charge in [-0.25, -0.2) is 0 Å². The fourth-order valence-electron chi connectivity index (χ4n) is 3.59. The molecule has 2 saturated heterocycles. The number of rotatable bonds is 5. The predicted octanol–water partition coefficient (Wildman–Crippen LogP) is 1.79. The number of ether oxygens (including phenoxy) is 2. The maximum Gasteiger partial charge on any atom is 0.272 e. The standard InChI is InChI=1S/C17H25N3O3/c1-4-8-22-15-11-19(13-7-6-9-23-16(13)15)17(21)14-10-12(3)18-20(14)5-2/h4,10,13,15-16H,1,5-9,11H2,2-3H3/t13-,15-,16+/m1/s1. The molecule has 0 aromatic carbocycles. The summed E-state index contributed by atoms with van der Waals surface area (Å²) in [5.74, 6) is 0.0256.